The third-order valence-electron chi connectivity index (χ3n) is 3.57. The van der Waals surface area contributed by atoms with E-state index in [-0.39, 0.29) is 10.4 Å². The minimum atomic E-state index is -0.711. The third-order valence-corrected chi connectivity index (χ3v) is 4.73. The highest BCUT2D eigenvalue weighted by Gasteiger charge is 2.20. The quantitative estimate of drug-likeness (QED) is 0.683. The zero-order chi connectivity index (χ0) is 18.8. The minimum absolute atomic E-state index is 0.221. The summed E-state index contributed by atoms with van der Waals surface area (Å²) in [6.07, 6.45) is 0. The van der Waals surface area contributed by atoms with E-state index in [0.717, 1.165) is 11.3 Å². The molecule has 0 saturated carbocycles. The molecule has 0 unspecified atom stereocenters. The molecule has 7 nitrogen and oxygen atoms in total. The van der Waals surface area contributed by atoms with E-state index in [0.29, 0.717) is 27.3 Å². The topological polar surface area (TPSA) is 101 Å². The molecule has 134 valence electrons. The van der Waals surface area contributed by atoms with Gasteiger partial charge in [0, 0.05) is 5.69 Å². The number of nitrogens with one attached hydrogen (secondary N) is 2. The first kappa shape index (κ1) is 17.7. The highest BCUT2D eigenvalue weighted by atomic mass is 32.1. The average Bonchev–Trinajstić information content (AvgIpc) is 2.91. The van der Waals surface area contributed by atoms with Crippen LogP contribution in [0.1, 0.15) is 21.1 Å². The molecule has 2 aromatic heterocycles. The van der Waals surface area contributed by atoms with Crippen molar-refractivity contribution in [1.29, 1.82) is 0 Å². The number of aromatic amines is 1. The number of aryl methyl sites for hydroxylation is 2. The van der Waals surface area contributed by atoms with Crippen LogP contribution >= 0.6 is 11.3 Å². The lowest BCUT2D eigenvalue weighted by Gasteiger charge is -2.06. The van der Waals surface area contributed by atoms with Crippen molar-refractivity contribution >= 4 is 39.1 Å². The first-order valence-corrected chi connectivity index (χ1v) is 8.39. The summed E-state index contributed by atoms with van der Waals surface area (Å²) < 4.78 is 17.8. The largest absolute Gasteiger partial charge is 0.451 e. The minimum Gasteiger partial charge on any atom is -0.451 e. The second kappa shape index (κ2) is 7.04. The van der Waals surface area contributed by atoms with Gasteiger partial charge in [0.05, 0.1) is 5.39 Å². The highest BCUT2D eigenvalue weighted by molar-refractivity contribution is 7.20. The van der Waals surface area contributed by atoms with Crippen LogP contribution in [0.15, 0.2) is 29.1 Å². The van der Waals surface area contributed by atoms with Crippen LogP contribution in [0.4, 0.5) is 10.1 Å². The summed E-state index contributed by atoms with van der Waals surface area (Å²) in [5.74, 6) is -1.25. The molecule has 0 spiro atoms. The predicted octanol–water partition coefficient (Wildman–Crippen LogP) is 2.54. The number of carbonyl (C=O) groups is 2. The van der Waals surface area contributed by atoms with E-state index >= 15 is 0 Å². The Kier molecular flexibility index (Phi) is 4.81. The summed E-state index contributed by atoms with van der Waals surface area (Å²) in [6.45, 7) is 2.76. The van der Waals surface area contributed by atoms with E-state index in [1.54, 1.807) is 13.8 Å². The Bertz CT molecular complexity index is 1060. The number of thiophene rings is 1. The maximum absolute atomic E-state index is 12.8. The number of hydrogen-bond acceptors (Lipinski definition) is 6. The van der Waals surface area contributed by atoms with Crippen LogP contribution in [0.5, 0.6) is 0 Å². The number of anilines is 1. The fourth-order valence-corrected chi connectivity index (χ4v) is 3.49. The molecule has 1 aromatic carbocycles. The normalized spacial score (nSPS) is 10.7. The van der Waals surface area contributed by atoms with E-state index in [1.807, 2.05) is 0 Å². The molecular formula is C17H14FN3O4S. The first-order valence-electron chi connectivity index (χ1n) is 7.57. The standard InChI is InChI=1S/C17H14FN3O4S/c1-8-13-15(23)19-9(2)20-16(13)26-14(8)17(24)25-7-12(22)21-11-5-3-10(18)4-6-11/h3-6H,7H2,1-2H3,(H,21,22)(H,19,20,23). The molecule has 0 fully saturated rings. The maximum Gasteiger partial charge on any atom is 0.349 e. The van der Waals surface area contributed by atoms with Gasteiger partial charge < -0.3 is 15.0 Å². The van der Waals surface area contributed by atoms with Gasteiger partial charge in [-0.1, -0.05) is 0 Å². The fraction of sp³-hybridized carbons (Fsp3) is 0.176. The van der Waals surface area contributed by atoms with Gasteiger partial charge in [0.25, 0.3) is 11.5 Å². The van der Waals surface area contributed by atoms with Crippen LogP contribution in [-0.4, -0.2) is 28.5 Å². The smallest absolute Gasteiger partial charge is 0.349 e. The van der Waals surface area contributed by atoms with Crippen LogP contribution < -0.4 is 10.9 Å². The van der Waals surface area contributed by atoms with Gasteiger partial charge in [-0.3, -0.25) is 9.59 Å². The van der Waals surface area contributed by atoms with Crippen LogP contribution in [-0.2, 0) is 9.53 Å². The van der Waals surface area contributed by atoms with Gasteiger partial charge >= 0.3 is 5.97 Å². The summed E-state index contributed by atoms with van der Waals surface area (Å²) in [5.41, 5.74) is 0.522. The number of H-pyrrole nitrogens is 1. The van der Waals surface area contributed by atoms with E-state index < -0.39 is 24.3 Å². The monoisotopic (exact) mass is 375 g/mol. The number of fused-ring (bicyclic) bond motifs is 1. The van der Waals surface area contributed by atoms with Gasteiger partial charge in [-0.2, -0.15) is 0 Å². The van der Waals surface area contributed by atoms with Gasteiger partial charge in [0.15, 0.2) is 6.61 Å². The second-order valence-electron chi connectivity index (χ2n) is 5.52. The number of esters is 1. The molecule has 0 bridgehead atoms. The van der Waals surface area contributed by atoms with Crippen molar-refractivity contribution in [2.24, 2.45) is 0 Å². The molecule has 0 radical (unpaired) electrons. The molecule has 3 rings (SSSR count). The number of benzene rings is 1. The molecule has 9 heteroatoms. The molecule has 0 atom stereocenters. The zero-order valence-corrected chi connectivity index (χ0v) is 14.7. The van der Waals surface area contributed by atoms with Crippen LogP contribution in [0.3, 0.4) is 0 Å². The summed E-state index contributed by atoms with van der Waals surface area (Å²) >= 11 is 1.04. The van der Waals surface area contributed by atoms with E-state index in [4.69, 9.17) is 4.74 Å². The molecule has 3 aromatic rings. The fourth-order valence-electron chi connectivity index (χ4n) is 2.37. The maximum atomic E-state index is 12.8. The van der Waals surface area contributed by atoms with Crippen molar-refractivity contribution in [1.82, 2.24) is 9.97 Å². The number of rotatable bonds is 4. The number of hydrogen-bond donors (Lipinski definition) is 2. The van der Waals surface area contributed by atoms with Gasteiger partial charge in [0.2, 0.25) is 0 Å². The lowest BCUT2D eigenvalue weighted by Crippen LogP contribution is -2.20. The Labute approximate surface area is 150 Å². The molecule has 0 aliphatic rings. The summed E-state index contributed by atoms with van der Waals surface area (Å²) in [4.78, 5) is 43.6. The first-order chi connectivity index (χ1) is 12.3. The second-order valence-corrected chi connectivity index (χ2v) is 6.52. The van der Waals surface area contributed by atoms with E-state index in [9.17, 15) is 18.8 Å². The van der Waals surface area contributed by atoms with Crippen molar-refractivity contribution in [3.8, 4) is 0 Å². The molecular weight excluding hydrogens is 361 g/mol. The lowest BCUT2D eigenvalue weighted by atomic mass is 10.2. The van der Waals surface area contributed by atoms with Gasteiger partial charge in [-0.15, -0.1) is 11.3 Å². The Morgan fingerprint density at radius 2 is 1.96 bits per heavy atom. The zero-order valence-electron chi connectivity index (χ0n) is 13.9. The van der Waals surface area contributed by atoms with Crippen LogP contribution in [0.25, 0.3) is 10.2 Å². The van der Waals surface area contributed by atoms with Gasteiger partial charge in [-0.05, 0) is 43.7 Å². The lowest BCUT2D eigenvalue weighted by molar-refractivity contribution is -0.119. The Morgan fingerprint density at radius 1 is 1.27 bits per heavy atom. The van der Waals surface area contributed by atoms with Crippen molar-refractivity contribution < 1.29 is 18.7 Å². The Morgan fingerprint density at radius 3 is 2.65 bits per heavy atom. The molecule has 2 heterocycles. The van der Waals surface area contributed by atoms with Crippen molar-refractivity contribution in [3.63, 3.8) is 0 Å². The number of halogens is 1. The number of nitrogens with zero attached hydrogens (tertiary/aromatic N) is 1. The Balaban J connectivity index is 1.70. The van der Waals surface area contributed by atoms with Crippen molar-refractivity contribution in [2.75, 3.05) is 11.9 Å². The average molecular weight is 375 g/mol. The van der Waals surface area contributed by atoms with Crippen LogP contribution in [0.2, 0.25) is 0 Å². The van der Waals surface area contributed by atoms with Crippen molar-refractivity contribution in [2.45, 2.75) is 13.8 Å². The molecule has 2 N–H and O–H groups in total. The summed E-state index contributed by atoms with van der Waals surface area (Å²) in [7, 11) is 0. The SMILES string of the molecule is Cc1nc2sc(C(=O)OCC(=O)Nc3ccc(F)cc3)c(C)c2c(=O)[nH]1. The summed E-state index contributed by atoms with van der Waals surface area (Å²) in [6, 6.07) is 5.19. The van der Waals surface area contributed by atoms with Crippen molar-refractivity contribution in [3.05, 3.63) is 56.7 Å². The third kappa shape index (κ3) is 3.62. The Hall–Kier alpha value is -3.07. The van der Waals surface area contributed by atoms with E-state index in [2.05, 4.69) is 15.3 Å². The molecule has 0 saturated heterocycles. The highest BCUT2D eigenvalue weighted by Crippen LogP contribution is 2.27. The predicted molar refractivity (Wildman–Crippen MR) is 95.0 cm³/mol. The molecule has 0 aliphatic carbocycles. The van der Waals surface area contributed by atoms with Gasteiger partial charge in [0.1, 0.15) is 21.3 Å². The number of ether oxygens (including phenoxy) is 1. The molecule has 1 amide bonds. The van der Waals surface area contributed by atoms with E-state index in [1.165, 1.54) is 24.3 Å². The number of carbonyl (C=O) groups excluding carboxylic acids is 2. The molecule has 0 aliphatic heterocycles. The van der Waals surface area contributed by atoms with Crippen LogP contribution in [0, 0.1) is 19.7 Å². The number of aromatic nitrogens is 2. The molecule has 26 heavy (non-hydrogen) atoms. The van der Waals surface area contributed by atoms with Gasteiger partial charge in [-0.25, -0.2) is 14.2 Å². The number of amides is 1. The summed E-state index contributed by atoms with van der Waals surface area (Å²) in [5, 5.41) is 2.82.